The predicted molar refractivity (Wildman–Crippen MR) is 253 cm³/mol. The number of carbonyl (C=O) groups excluding carboxylic acids is 2. The molecule has 60 heavy (non-hydrogen) atoms. The molecule has 0 bridgehead atoms. The minimum atomic E-state index is -4.29. The molecule has 0 saturated carbocycles. The van der Waals surface area contributed by atoms with E-state index in [0.717, 1.165) is 77.0 Å². The number of carbonyl (C=O) groups is 2. The lowest BCUT2D eigenvalue weighted by atomic mass is 10.1. The van der Waals surface area contributed by atoms with Gasteiger partial charge in [-0.05, 0) is 90.4 Å². The smallest absolute Gasteiger partial charge is 0.462 e. The van der Waals surface area contributed by atoms with Crippen LogP contribution in [0.15, 0.2) is 72.9 Å². The molecule has 0 aliphatic rings. The maximum atomic E-state index is 12.6. The van der Waals surface area contributed by atoms with Gasteiger partial charge in [0.2, 0.25) is 0 Å². The van der Waals surface area contributed by atoms with Crippen LogP contribution in [0, 0.1) is 0 Å². The highest BCUT2D eigenvalue weighted by molar-refractivity contribution is 7.47. The van der Waals surface area contributed by atoms with Gasteiger partial charge in [-0.2, -0.15) is 0 Å². The molecule has 0 rings (SSSR count). The first-order valence-corrected chi connectivity index (χ1v) is 25.7. The number of ether oxygens (including phenoxy) is 2. The summed E-state index contributed by atoms with van der Waals surface area (Å²) in [5.74, 6) is -0.812. The fourth-order valence-corrected chi connectivity index (χ4v) is 7.23. The van der Waals surface area contributed by atoms with Crippen molar-refractivity contribution < 1.29 is 37.6 Å². The molecular formula is C51H89O8P. The van der Waals surface area contributed by atoms with Gasteiger partial charge in [-0.15, -0.1) is 0 Å². The van der Waals surface area contributed by atoms with Crippen molar-refractivity contribution in [2.24, 2.45) is 0 Å². The quantitative estimate of drug-likeness (QED) is 0.0279. The van der Waals surface area contributed by atoms with Gasteiger partial charge in [0.15, 0.2) is 6.10 Å². The first-order chi connectivity index (χ1) is 29.3. The van der Waals surface area contributed by atoms with Gasteiger partial charge in [-0.3, -0.25) is 18.6 Å². The van der Waals surface area contributed by atoms with E-state index in [1.54, 1.807) is 6.92 Å². The SMILES string of the molecule is CC/C=C\C/C=C\C/C=C\C/C=C\CCCCCCCCCCC(=O)OC(COC(=O)CCCCCCCCCCC/C=C\C/C=C\CCCCC)COP(=O)(O)OCC. The lowest BCUT2D eigenvalue weighted by Crippen LogP contribution is -2.29. The van der Waals surface area contributed by atoms with Gasteiger partial charge in [0, 0.05) is 12.8 Å². The summed E-state index contributed by atoms with van der Waals surface area (Å²) in [4.78, 5) is 34.9. The van der Waals surface area contributed by atoms with Crippen LogP contribution >= 0.6 is 7.82 Å². The van der Waals surface area contributed by atoms with Gasteiger partial charge in [0.1, 0.15) is 6.61 Å². The van der Waals surface area contributed by atoms with Gasteiger partial charge < -0.3 is 14.4 Å². The van der Waals surface area contributed by atoms with Crippen molar-refractivity contribution in [1.82, 2.24) is 0 Å². The Bertz CT molecular complexity index is 1200. The average Bonchev–Trinajstić information content (AvgIpc) is 3.23. The van der Waals surface area contributed by atoms with Gasteiger partial charge in [0.05, 0.1) is 13.2 Å². The van der Waals surface area contributed by atoms with Crippen molar-refractivity contribution in [2.45, 2.75) is 219 Å². The highest BCUT2D eigenvalue weighted by Gasteiger charge is 2.25. The van der Waals surface area contributed by atoms with Crippen molar-refractivity contribution in [3.05, 3.63) is 72.9 Å². The molecule has 9 heteroatoms. The van der Waals surface area contributed by atoms with E-state index in [1.165, 1.54) is 96.3 Å². The molecule has 0 aromatic carbocycles. The van der Waals surface area contributed by atoms with Crippen LogP contribution in [0.1, 0.15) is 213 Å². The highest BCUT2D eigenvalue weighted by atomic mass is 31.2. The Morgan fingerprint density at radius 3 is 1.28 bits per heavy atom. The normalized spacial score (nSPS) is 13.9. The largest absolute Gasteiger partial charge is 0.472 e. The number of unbranched alkanes of at least 4 members (excludes halogenated alkanes) is 20. The third-order valence-corrected chi connectivity index (χ3v) is 11.1. The van der Waals surface area contributed by atoms with Gasteiger partial charge in [-0.1, -0.05) is 183 Å². The number of hydrogen-bond donors (Lipinski definition) is 1. The molecule has 0 saturated heterocycles. The summed E-state index contributed by atoms with van der Waals surface area (Å²) in [7, 11) is -4.29. The number of allylic oxidation sites excluding steroid dienone is 12. The Labute approximate surface area is 368 Å². The summed E-state index contributed by atoms with van der Waals surface area (Å²) in [5.41, 5.74) is 0. The second-order valence-electron chi connectivity index (χ2n) is 15.7. The van der Waals surface area contributed by atoms with Crippen LogP contribution in [-0.4, -0.2) is 42.8 Å². The molecule has 0 amide bonds. The van der Waals surface area contributed by atoms with E-state index in [0.29, 0.717) is 6.42 Å². The topological polar surface area (TPSA) is 108 Å². The number of hydrogen-bond acceptors (Lipinski definition) is 7. The van der Waals surface area contributed by atoms with E-state index in [4.69, 9.17) is 18.5 Å². The molecule has 2 unspecified atom stereocenters. The average molecular weight is 861 g/mol. The van der Waals surface area contributed by atoms with Crippen molar-refractivity contribution in [3.8, 4) is 0 Å². The summed E-state index contributed by atoms with van der Waals surface area (Å²) in [5, 5.41) is 0. The Hall–Kier alpha value is -2.51. The molecule has 8 nitrogen and oxygen atoms in total. The lowest BCUT2D eigenvalue weighted by Gasteiger charge is -2.19. The fraction of sp³-hybridized carbons (Fsp3) is 0.725. The molecule has 0 aliphatic carbocycles. The zero-order chi connectivity index (χ0) is 43.9. The third-order valence-electron chi connectivity index (χ3n) is 10.00. The predicted octanol–water partition coefficient (Wildman–Crippen LogP) is 15.7. The van der Waals surface area contributed by atoms with Crippen molar-refractivity contribution in [3.63, 3.8) is 0 Å². The lowest BCUT2D eigenvalue weighted by molar-refractivity contribution is -0.161. The second-order valence-corrected chi connectivity index (χ2v) is 17.2. The first kappa shape index (κ1) is 57.5. The molecule has 0 radical (unpaired) electrons. The monoisotopic (exact) mass is 861 g/mol. The van der Waals surface area contributed by atoms with Crippen LogP contribution in [0.4, 0.5) is 0 Å². The van der Waals surface area contributed by atoms with Crippen LogP contribution in [0.3, 0.4) is 0 Å². The molecule has 0 aromatic heterocycles. The summed E-state index contributed by atoms with van der Waals surface area (Å²) in [6.07, 6.45) is 58.1. The van der Waals surface area contributed by atoms with Gasteiger partial charge >= 0.3 is 19.8 Å². The number of phosphoric acid groups is 1. The molecule has 0 fully saturated rings. The summed E-state index contributed by atoms with van der Waals surface area (Å²) in [6.45, 7) is 5.34. The molecular weight excluding hydrogens is 772 g/mol. The van der Waals surface area contributed by atoms with Crippen LogP contribution in [0.25, 0.3) is 0 Å². The summed E-state index contributed by atoms with van der Waals surface area (Å²) in [6, 6.07) is 0. The molecule has 0 aromatic rings. The second kappa shape index (κ2) is 46.0. The maximum absolute atomic E-state index is 12.6. The maximum Gasteiger partial charge on any atom is 0.472 e. The van der Waals surface area contributed by atoms with E-state index in [2.05, 4.69) is 86.8 Å². The molecule has 2 atom stereocenters. The Kier molecular flexibility index (Phi) is 44.1. The third kappa shape index (κ3) is 45.0. The fourth-order valence-electron chi connectivity index (χ4n) is 6.47. The molecule has 0 spiro atoms. The van der Waals surface area contributed by atoms with Crippen molar-refractivity contribution >= 4 is 19.8 Å². The van der Waals surface area contributed by atoms with Crippen LogP contribution in [-0.2, 0) is 32.7 Å². The molecule has 1 N–H and O–H groups in total. The van der Waals surface area contributed by atoms with Crippen LogP contribution < -0.4 is 0 Å². The minimum Gasteiger partial charge on any atom is -0.462 e. The number of esters is 2. The molecule has 346 valence electrons. The number of phosphoric ester groups is 1. The molecule has 0 aliphatic heterocycles. The Morgan fingerprint density at radius 1 is 0.467 bits per heavy atom. The summed E-state index contributed by atoms with van der Waals surface area (Å²) >= 11 is 0. The van der Waals surface area contributed by atoms with Crippen molar-refractivity contribution in [1.29, 1.82) is 0 Å². The van der Waals surface area contributed by atoms with Crippen LogP contribution in [0.5, 0.6) is 0 Å². The van der Waals surface area contributed by atoms with Gasteiger partial charge in [0.25, 0.3) is 0 Å². The first-order valence-electron chi connectivity index (χ1n) is 24.2. The Balaban J connectivity index is 4.05. The minimum absolute atomic E-state index is 0.00514. The van der Waals surface area contributed by atoms with E-state index < -0.39 is 26.5 Å². The van der Waals surface area contributed by atoms with Crippen molar-refractivity contribution in [2.75, 3.05) is 19.8 Å². The molecule has 0 heterocycles. The van der Waals surface area contributed by atoms with E-state index >= 15 is 0 Å². The zero-order valence-corrected chi connectivity index (χ0v) is 39.5. The number of rotatable bonds is 44. The van der Waals surface area contributed by atoms with E-state index in [9.17, 15) is 19.0 Å². The highest BCUT2D eigenvalue weighted by Crippen LogP contribution is 2.43. The summed E-state index contributed by atoms with van der Waals surface area (Å²) < 4.78 is 32.8. The van der Waals surface area contributed by atoms with Gasteiger partial charge in [-0.25, -0.2) is 4.57 Å². The van der Waals surface area contributed by atoms with E-state index in [1.807, 2.05) is 0 Å². The standard InChI is InChI=1S/C51H89O8P/c1-4-7-9-11-13-15-17-19-21-23-25-26-28-30-32-34-36-38-40-42-44-46-51(53)59-49(48-58-60(54,55)57-6-3)47-56-50(52)45-43-41-39-37-35-33-31-29-27-24-22-20-18-16-14-12-10-8-5-2/h7,9,13-16,19-22,25-26,49H,4-6,8,10-12,17-18,23-24,27-48H2,1-3H3,(H,54,55)/b9-7-,15-13-,16-14-,21-19-,22-20-,26-25-. The zero-order valence-electron chi connectivity index (χ0n) is 38.6. The van der Waals surface area contributed by atoms with Crippen LogP contribution in [0.2, 0.25) is 0 Å². The Morgan fingerprint density at radius 2 is 0.850 bits per heavy atom. The van der Waals surface area contributed by atoms with E-state index in [-0.39, 0.29) is 32.0 Å².